The standard InChI is InChI=1S/C15H16BrN3/c1-10-4-12-2-3-19(15(12)6-14(10)17)9-11-5-13(16)8-18-7-11/h4-8H,2-3,9,17H2,1H3. The Morgan fingerprint density at radius 2 is 2.16 bits per heavy atom. The average Bonchev–Trinajstić information content (AvgIpc) is 2.73. The number of anilines is 2. The number of hydrogen-bond acceptors (Lipinski definition) is 3. The first-order chi connectivity index (χ1) is 9.13. The molecule has 0 saturated heterocycles. The summed E-state index contributed by atoms with van der Waals surface area (Å²) in [7, 11) is 0. The van der Waals surface area contributed by atoms with Gasteiger partial charge in [0.05, 0.1) is 0 Å². The third-order valence-corrected chi connectivity index (χ3v) is 4.03. The Hall–Kier alpha value is -1.55. The number of nitrogens with zero attached hydrogens (tertiary/aromatic N) is 2. The Morgan fingerprint density at radius 1 is 1.32 bits per heavy atom. The van der Waals surface area contributed by atoms with Gasteiger partial charge >= 0.3 is 0 Å². The molecule has 1 aromatic carbocycles. The molecule has 0 unspecified atom stereocenters. The van der Waals surface area contributed by atoms with Gasteiger partial charge in [0.25, 0.3) is 0 Å². The molecule has 0 fully saturated rings. The summed E-state index contributed by atoms with van der Waals surface area (Å²) in [5, 5.41) is 0. The van der Waals surface area contributed by atoms with E-state index in [0.29, 0.717) is 0 Å². The number of fused-ring (bicyclic) bond motifs is 1. The molecule has 0 radical (unpaired) electrons. The molecule has 0 atom stereocenters. The SMILES string of the molecule is Cc1cc2c(cc1N)N(Cc1cncc(Br)c1)CC2. The van der Waals surface area contributed by atoms with Crippen molar-refractivity contribution in [3.05, 3.63) is 51.8 Å². The van der Waals surface area contributed by atoms with Gasteiger partial charge in [0.15, 0.2) is 0 Å². The van der Waals surface area contributed by atoms with E-state index >= 15 is 0 Å². The molecule has 98 valence electrons. The third kappa shape index (κ3) is 2.45. The van der Waals surface area contributed by atoms with Gasteiger partial charge in [0.2, 0.25) is 0 Å². The lowest BCUT2D eigenvalue weighted by Gasteiger charge is -2.20. The topological polar surface area (TPSA) is 42.1 Å². The fourth-order valence-electron chi connectivity index (χ4n) is 2.57. The van der Waals surface area contributed by atoms with Crippen LogP contribution in [0.1, 0.15) is 16.7 Å². The van der Waals surface area contributed by atoms with Crippen LogP contribution in [0.2, 0.25) is 0 Å². The van der Waals surface area contributed by atoms with Crippen molar-refractivity contribution in [3.63, 3.8) is 0 Å². The quantitative estimate of drug-likeness (QED) is 0.864. The van der Waals surface area contributed by atoms with E-state index in [1.807, 2.05) is 12.4 Å². The molecule has 19 heavy (non-hydrogen) atoms. The van der Waals surface area contributed by atoms with Crippen molar-refractivity contribution >= 4 is 27.3 Å². The van der Waals surface area contributed by atoms with Crippen LogP contribution in [0.25, 0.3) is 0 Å². The van der Waals surface area contributed by atoms with Crippen molar-refractivity contribution in [2.75, 3.05) is 17.2 Å². The molecule has 2 heterocycles. The molecule has 1 aliphatic rings. The van der Waals surface area contributed by atoms with E-state index < -0.39 is 0 Å². The highest BCUT2D eigenvalue weighted by atomic mass is 79.9. The molecule has 1 aliphatic heterocycles. The van der Waals surface area contributed by atoms with E-state index in [-0.39, 0.29) is 0 Å². The second kappa shape index (κ2) is 4.85. The number of rotatable bonds is 2. The first kappa shape index (κ1) is 12.5. The van der Waals surface area contributed by atoms with E-state index in [2.05, 4.69) is 50.9 Å². The maximum Gasteiger partial charge on any atom is 0.0445 e. The molecular formula is C15H16BrN3. The molecule has 4 heteroatoms. The molecule has 0 spiro atoms. The molecule has 3 nitrogen and oxygen atoms in total. The second-order valence-corrected chi connectivity index (χ2v) is 5.94. The van der Waals surface area contributed by atoms with E-state index in [9.17, 15) is 0 Å². The predicted molar refractivity (Wildman–Crippen MR) is 82.3 cm³/mol. The highest BCUT2D eigenvalue weighted by Gasteiger charge is 2.20. The van der Waals surface area contributed by atoms with Crippen LogP contribution in [-0.4, -0.2) is 11.5 Å². The van der Waals surface area contributed by atoms with Crippen LogP contribution in [0, 0.1) is 6.92 Å². The number of hydrogen-bond donors (Lipinski definition) is 1. The molecule has 0 saturated carbocycles. The number of aromatic nitrogens is 1. The minimum atomic E-state index is 0.873. The Balaban J connectivity index is 1.88. The van der Waals surface area contributed by atoms with Gasteiger partial charge in [-0.25, -0.2) is 0 Å². The summed E-state index contributed by atoms with van der Waals surface area (Å²) in [4.78, 5) is 6.59. The van der Waals surface area contributed by atoms with Crippen molar-refractivity contribution in [1.29, 1.82) is 0 Å². The summed E-state index contributed by atoms with van der Waals surface area (Å²) in [6.45, 7) is 3.99. The highest BCUT2D eigenvalue weighted by molar-refractivity contribution is 9.10. The summed E-state index contributed by atoms with van der Waals surface area (Å²) >= 11 is 3.46. The molecule has 3 rings (SSSR count). The largest absolute Gasteiger partial charge is 0.398 e. The number of halogens is 1. The first-order valence-corrected chi connectivity index (χ1v) is 7.16. The molecule has 0 aliphatic carbocycles. The normalized spacial score (nSPS) is 13.7. The molecule has 0 bridgehead atoms. The number of aryl methyl sites for hydroxylation is 1. The van der Waals surface area contributed by atoms with Crippen LogP contribution in [0.5, 0.6) is 0 Å². The second-order valence-electron chi connectivity index (χ2n) is 5.02. The molecular weight excluding hydrogens is 302 g/mol. The van der Waals surface area contributed by atoms with Crippen molar-refractivity contribution < 1.29 is 0 Å². The average molecular weight is 318 g/mol. The Morgan fingerprint density at radius 3 is 2.95 bits per heavy atom. The first-order valence-electron chi connectivity index (χ1n) is 6.37. The van der Waals surface area contributed by atoms with Crippen molar-refractivity contribution in [1.82, 2.24) is 4.98 Å². The lowest BCUT2D eigenvalue weighted by Crippen LogP contribution is -2.19. The third-order valence-electron chi connectivity index (χ3n) is 3.59. The zero-order valence-corrected chi connectivity index (χ0v) is 12.4. The summed E-state index contributed by atoms with van der Waals surface area (Å²) in [5.74, 6) is 0. The van der Waals surface area contributed by atoms with Gasteiger partial charge in [-0.3, -0.25) is 4.98 Å². The molecule has 2 aromatic rings. The van der Waals surface area contributed by atoms with Gasteiger partial charge in [-0.15, -0.1) is 0 Å². The van der Waals surface area contributed by atoms with Crippen LogP contribution in [0.4, 0.5) is 11.4 Å². The fourth-order valence-corrected chi connectivity index (χ4v) is 2.98. The molecule has 1 aromatic heterocycles. The Bertz CT molecular complexity index is 625. The lowest BCUT2D eigenvalue weighted by molar-refractivity contribution is 0.832. The minimum absolute atomic E-state index is 0.873. The summed E-state index contributed by atoms with van der Waals surface area (Å²) in [6.07, 6.45) is 4.82. The van der Waals surface area contributed by atoms with Gasteiger partial charge in [0, 0.05) is 41.3 Å². The van der Waals surface area contributed by atoms with Gasteiger partial charge < -0.3 is 10.6 Å². The minimum Gasteiger partial charge on any atom is -0.398 e. The predicted octanol–water partition coefficient (Wildman–Crippen LogP) is 3.30. The van der Waals surface area contributed by atoms with Crippen LogP contribution in [0.15, 0.2) is 35.1 Å². The smallest absolute Gasteiger partial charge is 0.0445 e. The molecule has 2 N–H and O–H groups in total. The van der Waals surface area contributed by atoms with Crippen molar-refractivity contribution in [3.8, 4) is 0 Å². The van der Waals surface area contributed by atoms with Crippen LogP contribution in [0.3, 0.4) is 0 Å². The van der Waals surface area contributed by atoms with E-state index in [0.717, 1.165) is 29.7 Å². The number of nitrogens with two attached hydrogens (primary N) is 1. The van der Waals surface area contributed by atoms with Crippen LogP contribution >= 0.6 is 15.9 Å². The number of benzene rings is 1. The number of nitrogen functional groups attached to an aromatic ring is 1. The van der Waals surface area contributed by atoms with Gasteiger partial charge in [-0.05, 0) is 58.1 Å². The summed E-state index contributed by atoms with van der Waals surface area (Å²) in [6, 6.07) is 6.43. The van der Waals surface area contributed by atoms with Gasteiger partial charge in [0.1, 0.15) is 0 Å². The number of pyridine rings is 1. The monoisotopic (exact) mass is 317 g/mol. The summed E-state index contributed by atoms with van der Waals surface area (Å²) in [5.41, 5.74) is 11.9. The fraction of sp³-hybridized carbons (Fsp3) is 0.267. The van der Waals surface area contributed by atoms with Gasteiger partial charge in [-0.1, -0.05) is 6.07 Å². The van der Waals surface area contributed by atoms with E-state index in [1.54, 1.807) is 0 Å². The maximum atomic E-state index is 6.03. The van der Waals surface area contributed by atoms with Gasteiger partial charge in [-0.2, -0.15) is 0 Å². The van der Waals surface area contributed by atoms with Crippen LogP contribution in [-0.2, 0) is 13.0 Å². The highest BCUT2D eigenvalue weighted by Crippen LogP contribution is 2.33. The Labute approximate surface area is 121 Å². The van der Waals surface area contributed by atoms with Crippen molar-refractivity contribution in [2.24, 2.45) is 0 Å². The zero-order valence-electron chi connectivity index (χ0n) is 10.9. The van der Waals surface area contributed by atoms with E-state index in [1.165, 1.54) is 22.4 Å². The Kier molecular flexibility index (Phi) is 3.19. The van der Waals surface area contributed by atoms with Crippen LogP contribution < -0.4 is 10.6 Å². The molecule has 0 amide bonds. The summed E-state index contributed by atoms with van der Waals surface area (Å²) < 4.78 is 1.02. The van der Waals surface area contributed by atoms with E-state index in [4.69, 9.17) is 5.73 Å². The lowest BCUT2D eigenvalue weighted by atomic mass is 10.1. The zero-order chi connectivity index (χ0) is 13.4. The maximum absolute atomic E-state index is 6.03. The van der Waals surface area contributed by atoms with Crippen molar-refractivity contribution in [2.45, 2.75) is 19.9 Å².